The Morgan fingerprint density at radius 3 is 2.73 bits per heavy atom. The van der Waals surface area contributed by atoms with Gasteiger partial charge in [-0.05, 0) is 39.5 Å². The summed E-state index contributed by atoms with van der Waals surface area (Å²) < 4.78 is 7.43. The highest BCUT2D eigenvalue weighted by Crippen LogP contribution is 2.38. The second-order valence-electron chi connectivity index (χ2n) is 7.66. The molecule has 8 nitrogen and oxygen atoms in total. The van der Waals surface area contributed by atoms with Crippen molar-refractivity contribution in [3.05, 3.63) is 28.0 Å². The number of allylic oxidation sites excluding steroid dienone is 1. The molecule has 8 heteroatoms. The van der Waals surface area contributed by atoms with Gasteiger partial charge in [0, 0.05) is 33.2 Å². The van der Waals surface area contributed by atoms with Gasteiger partial charge in [0.1, 0.15) is 0 Å². The molecular formula is C18H29N5O3. The molecule has 1 aromatic heterocycles. The van der Waals surface area contributed by atoms with Crippen LogP contribution in [0, 0.1) is 0 Å². The predicted octanol–water partition coefficient (Wildman–Crippen LogP) is 0.818. The second-order valence-corrected chi connectivity index (χ2v) is 7.66. The summed E-state index contributed by atoms with van der Waals surface area (Å²) in [5, 5.41) is 6.68. The van der Waals surface area contributed by atoms with E-state index in [2.05, 4.69) is 40.2 Å². The van der Waals surface area contributed by atoms with Gasteiger partial charge in [0.25, 0.3) is 5.91 Å². The van der Waals surface area contributed by atoms with Crippen LogP contribution in [0.3, 0.4) is 0 Å². The minimum atomic E-state index is -0.397. The number of ether oxygens (including phenoxy) is 1. The lowest BCUT2D eigenvalue weighted by Gasteiger charge is -2.39. The number of piperidine rings is 1. The van der Waals surface area contributed by atoms with E-state index in [-0.39, 0.29) is 23.4 Å². The standard InChI is InChI=1S/C18H29N5O3/c1-13(2)5-9-23-10-7-18(8-11-23)6-4-14(26-18)12-19-16(24)15-20-17(25)22(3)21-15/h5,14H,4,6-12H2,1-3H3,(H,19,24)(H,20,21,25). The number of likely N-dealkylation sites (tertiary alicyclic amines) is 1. The molecule has 2 saturated heterocycles. The van der Waals surface area contributed by atoms with Crippen molar-refractivity contribution in [2.45, 2.75) is 51.2 Å². The Balaban J connectivity index is 1.45. The summed E-state index contributed by atoms with van der Waals surface area (Å²) >= 11 is 0. The third-order valence-electron chi connectivity index (χ3n) is 5.34. The van der Waals surface area contributed by atoms with E-state index < -0.39 is 5.69 Å². The molecule has 1 aromatic rings. The van der Waals surface area contributed by atoms with E-state index in [1.54, 1.807) is 0 Å². The molecule has 26 heavy (non-hydrogen) atoms. The van der Waals surface area contributed by atoms with Gasteiger partial charge in [-0.15, -0.1) is 5.10 Å². The predicted molar refractivity (Wildman–Crippen MR) is 98.1 cm³/mol. The van der Waals surface area contributed by atoms with E-state index in [4.69, 9.17) is 4.74 Å². The lowest BCUT2D eigenvalue weighted by atomic mass is 9.88. The van der Waals surface area contributed by atoms with Crippen LogP contribution in [0.2, 0.25) is 0 Å². The molecule has 3 rings (SSSR count). The smallest absolute Gasteiger partial charge is 0.343 e. The fourth-order valence-corrected chi connectivity index (χ4v) is 3.66. The Labute approximate surface area is 153 Å². The third-order valence-corrected chi connectivity index (χ3v) is 5.34. The molecule has 2 fully saturated rings. The van der Waals surface area contributed by atoms with Crippen LogP contribution >= 0.6 is 0 Å². The van der Waals surface area contributed by atoms with E-state index in [0.717, 1.165) is 50.0 Å². The summed E-state index contributed by atoms with van der Waals surface area (Å²) in [6.07, 6.45) is 6.38. The average molecular weight is 363 g/mol. The third kappa shape index (κ3) is 4.42. The molecule has 0 radical (unpaired) electrons. The van der Waals surface area contributed by atoms with Crippen molar-refractivity contribution in [1.29, 1.82) is 0 Å². The van der Waals surface area contributed by atoms with Crippen LogP contribution in [0.15, 0.2) is 16.4 Å². The van der Waals surface area contributed by atoms with Crippen molar-refractivity contribution in [3.8, 4) is 0 Å². The van der Waals surface area contributed by atoms with Crippen molar-refractivity contribution in [2.75, 3.05) is 26.2 Å². The summed E-state index contributed by atoms with van der Waals surface area (Å²) in [4.78, 5) is 28.3. The second kappa shape index (κ2) is 7.75. The summed E-state index contributed by atoms with van der Waals surface area (Å²) in [7, 11) is 1.50. The number of hydrogen-bond acceptors (Lipinski definition) is 5. The Kier molecular flexibility index (Phi) is 5.62. The minimum absolute atomic E-state index is 0.0266. The Bertz CT molecular complexity index is 723. The number of aromatic amines is 1. The summed E-state index contributed by atoms with van der Waals surface area (Å²) in [5.41, 5.74) is 0.925. The zero-order valence-corrected chi connectivity index (χ0v) is 15.9. The van der Waals surface area contributed by atoms with Crippen molar-refractivity contribution in [3.63, 3.8) is 0 Å². The average Bonchev–Trinajstić information content (AvgIpc) is 3.16. The van der Waals surface area contributed by atoms with Crippen LogP contribution in [-0.2, 0) is 11.8 Å². The SMILES string of the molecule is CC(C)=CCN1CCC2(CCC(CNC(=O)c3nn(C)c(=O)[nH]3)O2)CC1. The molecule has 0 aliphatic carbocycles. The highest BCUT2D eigenvalue weighted by molar-refractivity contribution is 5.90. The highest BCUT2D eigenvalue weighted by Gasteiger charge is 2.42. The highest BCUT2D eigenvalue weighted by atomic mass is 16.5. The van der Waals surface area contributed by atoms with E-state index in [1.807, 2.05) is 0 Å². The zero-order chi connectivity index (χ0) is 18.7. The molecule has 1 spiro atoms. The molecule has 2 aliphatic rings. The number of H-pyrrole nitrogens is 1. The van der Waals surface area contributed by atoms with E-state index in [1.165, 1.54) is 12.6 Å². The first-order valence-electron chi connectivity index (χ1n) is 9.32. The Morgan fingerprint density at radius 1 is 1.38 bits per heavy atom. The normalized spacial score (nSPS) is 22.5. The molecule has 0 saturated carbocycles. The fraction of sp³-hybridized carbons (Fsp3) is 0.722. The van der Waals surface area contributed by atoms with Crippen molar-refractivity contribution in [2.24, 2.45) is 7.05 Å². The summed E-state index contributed by atoms with van der Waals surface area (Å²) in [6, 6.07) is 0. The monoisotopic (exact) mass is 363 g/mol. The first-order valence-corrected chi connectivity index (χ1v) is 9.32. The maximum atomic E-state index is 12.1. The molecule has 3 heterocycles. The quantitative estimate of drug-likeness (QED) is 0.756. The first kappa shape index (κ1) is 18.8. The zero-order valence-electron chi connectivity index (χ0n) is 15.9. The topological polar surface area (TPSA) is 92.3 Å². The molecule has 2 aliphatic heterocycles. The fourth-order valence-electron chi connectivity index (χ4n) is 3.66. The number of rotatable bonds is 5. The minimum Gasteiger partial charge on any atom is -0.370 e. The van der Waals surface area contributed by atoms with Gasteiger partial charge in [-0.1, -0.05) is 11.6 Å². The van der Waals surface area contributed by atoms with Crippen molar-refractivity contribution >= 4 is 5.91 Å². The molecule has 1 atom stereocenters. The van der Waals surface area contributed by atoms with Gasteiger partial charge < -0.3 is 10.1 Å². The molecule has 2 N–H and O–H groups in total. The number of nitrogens with zero attached hydrogens (tertiary/aromatic N) is 3. The van der Waals surface area contributed by atoms with E-state index >= 15 is 0 Å². The van der Waals surface area contributed by atoms with Gasteiger partial charge in [0.15, 0.2) is 0 Å². The van der Waals surface area contributed by atoms with Crippen LogP contribution < -0.4 is 11.0 Å². The lowest BCUT2D eigenvalue weighted by molar-refractivity contribution is -0.0741. The molecule has 0 bridgehead atoms. The van der Waals surface area contributed by atoms with Gasteiger partial charge in [-0.3, -0.25) is 14.7 Å². The summed E-state index contributed by atoms with van der Waals surface area (Å²) in [6.45, 7) is 7.83. The molecule has 144 valence electrons. The number of carbonyl (C=O) groups is 1. The van der Waals surface area contributed by atoms with Crippen molar-refractivity contribution in [1.82, 2.24) is 25.0 Å². The summed E-state index contributed by atoms with van der Waals surface area (Å²) in [5.74, 6) is -0.332. The molecule has 1 amide bonds. The Morgan fingerprint density at radius 2 is 2.12 bits per heavy atom. The van der Waals surface area contributed by atoms with E-state index in [9.17, 15) is 9.59 Å². The first-order chi connectivity index (χ1) is 12.4. The number of aromatic nitrogens is 3. The van der Waals surface area contributed by atoms with Gasteiger partial charge in [-0.2, -0.15) is 0 Å². The maximum absolute atomic E-state index is 12.1. The largest absolute Gasteiger partial charge is 0.370 e. The van der Waals surface area contributed by atoms with Gasteiger partial charge in [-0.25, -0.2) is 9.48 Å². The van der Waals surface area contributed by atoms with Crippen LogP contribution in [-0.4, -0.2) is 63.5 Å². The molecular weight excluding hydrogens is 334 g/mol. The van der Waals surface area contributed by atoms with Crippen molar-refractivity contribution < 1.29 is 9.53 Å². The molecule has 1 unspecified atom stereocenters. The number of hydrogen-bond donors (Lipinski definition) is 2. The Hall–Kier alpha value is -1.93. The molecule has 0 aromatic carbocycles. The number of carbonyl (C=O) groups excluding carboxylic acids is 1. The number of aryl methyl sites for hydroxylation is 1. The number of amides is 1. The maximum Gasteiger partial charge on any atom is 0.343 e. The van der Waals surface area contributed by atoms with E-state index in [0.29, 0.717) is 6.54 Å². The van der Waals surface area contributed by atoms with Crippen LogP contribution in [0.5, 0.6) is 0 Å². The van der Waals surface area contributed by atoms with Gasteiger partial charge in [0.05, 0.1) is 11.7 Å². The van der Waals surface area contributed by atoms with Crippen LogP contribution in [0.1, 0.15) is 50.1 Å². The van der Waals surface area contributed by atoms with Crippen LogP contribution in [0.25, 0.3) is 0 Å². The number of nitrogens with one attached hydrogen (secondary N) is 2. The van der Waals surface area contributed by atoms with Crippen LogP contribution in [0.4, 0.5) is 0 Å². The lowest BCUT2D eigenvalue weighted by Crippen LogP contribution is -2.45. The van der Waals surface area contributed by atoms with Gasteiger partial charge in [0.2, 0.25) is 5.82 Å². The van der Waals surface area contributed by atoms with Gasteiger partial charge >= 0.3 is 5.69 Å².